The summed E-state index contributed by atoms with van der Waals surface area (Å²) in [4.78, 5) is 16.6. The van der Waals surface area contributed by atoms with Gasteiger partial charge >= 0.3 is 5.97 Å². The highest BCUT2D eigenvalue weighted by Gasteiger charge is 2.14. The Hall–Kier alpha value is -1.14. The molecule has 0 aliphatic carbocycles. The molecule has 0 unspecified atom stereocenters. The molecule has 4 N–H and O–H groups in total. The zero-order valence-electron chi connectivity index (χ0n) is 7.16. The Morgan fingerprint density at radius 3 is 3.00 bits per heavy atom. The van der Waals surface area contributed by atoms with Gasteiger partial charge in [0.25, 0.3) is 0 Å². The molecule has 0 aliphatic heterocycles. The van der Waals surface area contributed by atoms with E-state index in [1.54, 1.807) is 6.20 Å². The molecule has 1 aromatic heterocycles. The lowest BCUT2D eigenvalue weighted by molar-refractivity contribution is -0.142. The molecule has 0 spiro atoms. The first-order valence-corrected chi connectivity index (χ1v) is 4.14. The standard InChI is InChI=1S/C7H11N3O2S/c1-12-6(11)5(8)2-4-3-9-7(13)10-4/h3,5H,2,8H2,1H3,(H2,9,10,13)/t5-/m1/s1. The maximum absolute atomic E-state index is 10.9. The van der Waals surface area contributed by atoms with Crippen LogP contribution in [0.15, 0.2) is 6.20 Å². The lowest BCUT2D eigenvalue weighted by Crippen LogP contribution is -2.33. The minimum absolute atomic E-state index is 0.389. The fourth-order valence-electron chi connectivity index (χ4n) is 0.952. The van der Waals surface area contributed by atoms with Crippen LogP contribution in [0.2, 0.25) is 0 Å². The highest BCUT2D eigenvalue weighted by atomic mass is 32.1. The molecule has 0 saturated heterocycles. The van der Waals surface area contributed by atoms with Crippen LogP contribution in [-0.4, -0.2) is 29.1 Å². The van der Waals surface area contributed by atoms with Crippen molar-refractivity contribution in [3.63, 3.8) is 0 Å². The van der Waals surface area contributed by atoms with Gasteiger partial charge in [0.15, 0.2) is 4.77 Å². The van der Waals surface area contributed by atoms with Crippen LogP contribution in [0, 0.1) is 4.77 Å². The van der Waals surface area contributed by atoms with Crippen LogP contribution in [0.4, 0.5) is 0 Å². The Balaban J connectivity index is 2.59. The summed E-state index contributed by atoms with van der Waals surface area (Å²) in [6, 6.07) is -0.647. The third-order valence-electron chi connectivity index (χ3n) is 1.60. The van der Waals surface area contributed by atoms with Crippen LogP contribution in [-0.2, 0) is 16.0 Å². The SMILES string of the molecule is COC(=O)[C@H](N)Cc1c[nH]c(=S)[nH]1. The number of carbonyl (C=O) groups excluding carboxylic acids is 1. The van der Waals surface area contributed by atoms with E-state index in [0.717, 1.165) is 5.69 Å². The smallest absolute Gasteiger partial charge is 0.323 e. The van der Waals surface area contributed by atoms with Crippen molar-refractivity contribution in [1.82, 2.24) is 9.97 Å². The van der Waals surface area contributed by atoms with Gasteiger partial charge in [0.05, 0.1) is 7.11 Å². The molecule has 1 heterocycles. The maximum atomic E-state index is 10.9. The van der Waals surface area contributed by atoms with E-state index in [1.165, 1.54) is 7.11 Å². The summed E-state index contributed by atoms with van der Waals surface area (Å²) < 4.78 is 5.00. The predicted molar refractivity (Wildman–Crippen MR) is 49.7 cm³/mol. The van der Waals surface area contributed by atoms with Crippen molar-refractivity contribution >= 4 is 18.2 Å². The van der Waals surface area contributed by atoms with E-state index >= 15 is 0 Å². The first-order chi connectivity index (χ1) is 6.13. The number of hydrogen-bond donors (Lipinski definition) is 3. The van der Waals surface area contributed by atoms with Gasteiger partial charge in [0.1, 0.15) is 6.04 Å². The lowest BCUT2D eigenvalue weighted by atomic mass is 10.2. The van der Waals surface area contributed by atoms with E-state index in [4.69, 9.17) is 18.0 Å². The second kappa shape index (κ2) is 4.20. The second-order valence-corrected chi connectivity index (χ2v) is 3.01. The molecule has 72 valence electrons. The lowest BCUT2D eigenvalue weighted by Gasteiger charge is -2.06. The zero-order valence-corrected chi connectivity index (χ0v) is 7.98. The molecule has 0 amide bonds. The van der Waals surface area contributed by atoms with Crippen LogP contribution in [0.5, 0.6) is 0 Å². The third kappa shape index (κ3) is 2.67. The number of nitrogens with two attached hydrogens (primary N) is 1. The van der Waals surface area contributed by atoms with Gasteiger partial charge in [0.2, 0.25) is 0 Å². The van der Waals surface area contributed by atoms with Crippen molar-refractivity contribution in [2.24, 2.45) is 5.73 Å². The van der Waals surface area contributed by atoms with Crippen molar-refractivity contribution in [3.05, 3.63) is 16.7 Å². The number of rotatable bonds is 3. The Morgan fingerprint density at radius 1 is 1.85 bits per heavy atom. The molecule has 13 heavy (non-hydrogen) atoms. The van der Waals surface area contributed by atoms with Gasteiger partial charge in [-0.2, -0.15) is 0 Å². The minimum atomic E-state index is -0.647. The number of esters is 1. The summed E-state index contributed by atoms with van der Waals surface area (Å²) in [6.45, 7) is 0. The number of ether oxygens (including phenoxy) is 1. The number of aromatic amines is 2. The van der Waals surface area contributed by atoms with E-state index in [0.29, 0.717) is 11.2 Å². The number of carbonyl (C=O) groups is 1. The average Bonchev–Trinajstić information content (AvgIpc) is 2.49. The van der Waals surface area contributed by atoms with E-state index in [1.807, 2.05) is 0 Å². The fourth-order valence-corrected chi connectivity index (χ4v) is 1.14. The van der Waals surface area contributed by atoms with Gasteiger partial charge in [-0.15, -0.1) is 0 Å². The Bertz CT molecular complexity index is 344. The maximum Gasteiger partial charge on any atom is 0.323 e. The first kappa shape index (κ1) is 9.94. The summed E-state index contributed by atoms with van der Waals surface area (Å²) in [5.41, 5.74) is 6.32. The van der Waals surface area contributed by atoms with Crippen LogP contribution < -0.4 is 5.73 Å². The molecule has 0 bridgehead atoms. The highest BCUT2D eigenvalue weighted by molar-refractivity contribution is 7.71. The van der Waals surface area contributed by atoms with Crippen molar-refractivity contribution in [1.29, 1.82) is 0 Å². The van der Waals surface area contributed by atoms with Gasteiger partial charge in [-0.3, -0.25) is 4.79 Å². The summed E-state index contributed by atoms with van der Waals surface area (Å²) in [5, 5.41) is 0. The van der Waals surface area contributed by atoms with Crippen molar-refractivity contribution in [2.45, 2.75) is 12.5 Å². The van der Waals surface area contributed by atoms with Gasteiger partial charge in [-0.05, 0) is 12.2 Å². The molecule has 0 radical (unpaired) electrons. The Morgan fingerprint density at radius 2 is 2.54 bits per heavy atom. The number of hydrogen-bond acceptors (Lipinski definition) is 4. The first-order valence-electron chi connectivity index (χ1n) is 3.73. The molecule has 1 aromatic rings. The largest absolute Gasteiger partial charge is 0.468 e. The predicted octanol–water partition coefficient (Wildman–Crippen LogP) is 0.115. The summed E-state index contributed by atoms with van der Waals surface area (Å²) >= 11 is 4.81. The van der Waals surface area contributed by atoms with E-state index < -0.39 is 12.0 Å². The number of H-pyrrole nitrogens is 2. The van der Waals surface area contributed by atoms with Crippen molar-refractivity contribution in [3.8, 4) is 0 Å². The summed E-state index contributed by atoms with van der Waals surface area (Å²) in [5.74, 6) is -0.430. The number of methoxy groups -OCH3 is 1. The third-order valence-corrected chi connectivity index (χ3v) is 1.82. The molecule has 0 saturated carbocycles. The quantitative estimate of drug-likeness (QED) is 0.479. The molecule has 0 fully saturated rings. The fraction of sp³-hybridized carbons (Fsp3) is 0.429. The van der Waals surface area contributed by atoms with Gasteiger partial charge in [0, 0.05) is 18.3 Å². The minimum Gasteiger partial charge on any atom is -0.468 e. The summed E-state index contributed by atoms with van der Waals surface area (Å²) in [6.07, 6.45) is 2.07. The van der Waals surface area contributed by atoms with Crippen LogP contribution in [0.25, 0.3) is 0 Å². The molecule has 5 nitrogen and oxygen atoms in total. The van der Waals surface area contributed by atoms with Crippen molar-refractivity contribution in [2.75, 3.05) is 7.11 Å². The highest BCUT2D eigenvalue weighted by Crippen LogP contribution is 1.98. The van der Waals surface area contributed by atoms with Crippen LogP contribution >= 0.6 is 12.2 Å². The molecule has 1 rings (SSSR count). The molecular formula is C7H11N3O2S. The normalized spacial score (nSPS) is 12.5. The van der Waals surface area contributed by atoms with Crippen molar-refractivity contribution < 1.29 is 9.53 Å². The number of imidazole rings is 1. The van der Waals surface area contributed by atoms with E-state index in [2.05, 4.69) is 14.7 Å². The Labute approximate surface area is 80.3 Å². The van der Waals surface area contributed by atoms with Crippen LogP contribution in [0.1, 0.15) is 5.69 Å². The van der Waals surface area contributed by atoms with Gasteiger partial charge in [-0.25, -0.2) is 0 Å². The molecule has 0 aromatic carbocycles. The number of aromatic nitrogens is 2. The second-order valence-electron chi connectivity index (χ2n) is 2.60. The van der Waals surface area contributed by atoms with E-state index in [-0.39, 0.29) is 0 Å². The molecular weight excluding hydrogens is 190 g/mol. The molecule has 1 atom stereocenters. The summed E-state index contributed by atoms with van der Waals surface area (Å²) in [7, 11) is 1.31. The van der Waals surface area contributed by atoms with Gasteiger partial charge < -0.3 is 20.4 Å². The van der Waals surface area contributed by atoms with Gasteiger partial charge in [-0.1, -0.05) is 0 Å². The molecule has 0 aliphatic rings. The average molecular weight is 201 g/mol. The number of nitrogens with one attached hydrogen (secondary N) is 2. The Kier molecular flexibility index (Phi) is 3.21. The zero-order chi connectivity index (χ0) is 9.84. The van der Waals surface area contributed by atoms with Crippen LogP contribution in [0.3, 0.4) is 0 Å². The van der Waals surface area contributed by atoms with E-state index in [9.17, 15) is 4.79 Å². The topological polar surface area (TPSA) is 83.9 Å². The molecule has 6 heteroatoms. The monoisotopic (exact) mass is 201 g/mol.